The fourth-order valence-corrected chi connectivity index (χ4v) is 4.08. The Morgan fingerprint density at radius 3 is 2.76 bits per heavy atom. The van der Waals surface area contributed by atoms with E-state index in [2.05, 4.69) is 14.8 Å². The molecule has 0 atom stereocenters. The summed E-state index contributed by atoms with van der Waals surface area (Å²) in [5.41, 5.74) is 3.22. The maximum absolute atomic E-state index is 12.4. The van der Waals surface area contributed by atoms with Gasteiger partial charge >= 0.3 is 0 Å². The molecule has 21 heavy (non-hydrogen) atoms. The van der Waals surface area contributed by atoms with Crippen molar-refractivity contribution in [2.24, 2.45) is 0 Å². The van der Waals surface area contributed by atoms with Crippen molar-refractivity contribution in [2.75, 3.05) is 23.2 Å². The van der Waals surface area contributed by atoms with Crippen molar-refractivity contribution >= 4 is 21.4 Å². The van der Waals surface area contributed by atoms with Crippen LogP contribution < -0.4 is 9.62 Å². The molecule has 2 heterocycles. The van der Waals surface area contributed by atoms with Gasteiger partial charge in [0, 0.05) is 25.0 Å². The van der Waals surface area contributed by atoms with Crippen molar-refractivity contribution in [2.45, 2.75) is 25.2 Å². The molecule has 3 rings (SSSR count). The van der Waals surface area contributed by atoms with Gasteiger partial charge in [-0.15, -0.1) is 0 Å². The Hall–Kier alpha value is -2.02. The second-order valence-corrected chi connectivity index (χ2v) is 6.89. The monoisotopic (exact) mass is 307 g/mol. The quantitative estimate of drug-likeness (QED) is 0.939. The van der Waals surface area contributed by atoms with Gasteiger partial charge in [0.1, 0.15) is 5.69 Å². The number of sulfonamides is 1. The second-order valence-electron chi connectivity index (χ2n) is 5.27. The highest BCUT2D eigenvalue weighted by Crippen LogP contribution is 2.30. The predicted molar refractivity (Wildman–Crippen MR) is 80.2 cm³/mol. The highest BCUT2D eigenvalue weighted by molar-refractivity contribution is 7.92. The van der Waals surface area contributed by atoms with E-state index in [4.69, 9.17) is 4.52 Å². The summed E-state index contributed by atoms with van der Waals surface area (Å²) in [5, 5.41) is 3.69. The van der Waals surface area contributed by atoms with Gasteiger partial charge < -0.3 is 9.42 Å². The highest BCUT2D eigenvalue weighted by Gasteiger charge is 2.25. The van der Waals surface area contributed by atoms with E-state index in [9.17, 15) is 8.42 Å². The fourth-order valence-electron chi connectivity index (χ4n) is 2.69. The number of nitrogens with one attached hydrogen (secondary N) is 1. The van der Waals surface area contributed by atoms with Crippen molar-refractivity contribution in [1.82, 2.24) is 5.16 Å². The lowest BCUT2D eigenvalue weighted by Crippen LogP contribution is -2.15. The zero-order valence-electron chi connectivity index (χ0n) is 12.2. The summed E-state index contributed by atoms with van der Waals surface area (Å²) in [7, 11) is -1.65. The number of aromatic nitrogens is 1. The minimum absolute atomic E-state index is 0.111. The molecule has 0 unspecified atom stereocenters. The molecule has 1 aromatic carbocycles. The van der Waals surface area contributed by atoms with E-state index in [0.717, 1.165) is 24.2 Å². The molecule has 0 fully saturated rings. The summed E-state index contributed by atoms with van der Waals surface area (Å²) in [6, 6.07) is 5.60. The SMILES string of the molecule is Cc1noc(C)c1S(=O)(=O)Nc1ccc2c(c1)CCN2C. The third kappa shape index (κ3) is 2.37. The van der Waals surface area contributed by atoms with Crippen LogP contribution in [0.4, 0.5) is 11.4 Å². The standard InChI is InChI=1S/C14H17N3O3S/c1-9-14(10(2)20-15-9)21(18,19)16-12-4-5-13-11(8-12)6-7-17(13)3/h4-5,8,16H,6-7H2,1-3H3. The van der Waals surface area contributed by atoms with Gasteiger partial charge in [0.05, 0.1) is 0 Å². The zero-order chi connectivity index (χ0) is 15.2. The number of aryl methyl sites for hydroxylation is 2. The average molecular weight is 307 g/mol. The van der Waals surface area contributed by atoms with Crippen LogP contribution in [0, 0.1) is 13.8 Å². The first-order chi connectivity index (χ1) is 9.88. The van der Waals surface area contributed by atoms with Crippen LogP contribution in [0.15, 0.2) is 27.6 Å². The van der Waals surface area contributed by atoms with Gasteiger partial charge in [-0.05, 0) is 44.0 Å². The predicted octanol–water partition coefficient (Wildman–Crippen LogP) is 2.08. The van der Waals surface area contributed by atoms with Crippen LogP contribution in [0.3, 0.4) is 0 Å². The van der Waals surface area contributed by atoms with Crippen LogP contribution >= 0.6 is 0 Å². The number of anilines is 2. The van der Waals surface area contributed by atoms with Gasteiger partial charge in [0.25, 0.3) is 10.0 Å². The summed E-state index contributed by atoms with van der Waals surface area (Å²) < 4.78 is 32.4. The first kappa shape index (κ1) is 13.9. The van der Waals surface area contributed by atoms with E-state index >= 15 is 0 Å². The summed E-state index contributed by atoms with van der Waals surface area (Å²) in [6.45, 7) is 4.16. The molecule has 0 amide bonds. The first-order valence-corrected chi connectivity index (χ1v) is 8.16. The molecule has 7 heteroatoms. The minimum atomic E-state index is -3.68. The lowest BCUT2D eigenvalue weighted by atomic mass is 10.1. The molecule has 0 radical (unpaired) electrons. The summed E-state index contributed by atoms with van der Waals surface area (Å²) >= 11 is 0. The van der Waals surface area contributed by atoms with Gasteiger partial charge in [0.15, 0.2) is 10.7 Å². The molecule has 1 aliphatic heterocycles. The Morgan fingerprint density at radius 2 is 2.10 bits per heavy atom. The lowest BCUT2D eigenvalue weighted by molar-refractivity contribution is 0.390. The molecule has 1 aromatic heterocycles. The number of rotatable bonds is 3. The van der Waals surface area contributed by atoms with Crippen LogP contribution in [0.25, 0.3) is 0 Å². The van der Waals surface area contributed by atoms with Crippen LogP contribution in [0.5, 0.6) is 0 Å². The highest BCUT2D eigenvalue weighted by atomic mass is 32.2. The van der Waals surface area contributed by atoms with E-state index in [1.807, 2.05) is 19.2 Å². The molecule has 2 aromatic rings. The van der Waals surface area contributed by atoms with Crippen molar-refractivity contribution in [1.29, 1.82) is 0 Å². The molecule has 0 spiro atoms. The summed E-state index contributed by atoms with van der Waals surface area (Å²) in [6.07, 6.45) is 0.923. The van der Waals surface area contributed by atoms with Crippen LogP contribution in [-0.4, -0.2) is 27.2 Å². The van der Waals surface area contributed by atoms with Gasteiger partial charge in [-0.1, -0.05) is 5.16 Å². The van der Waals surface area contributed by atoms with Gasteiger partial charge in [-0.3, -0.25) is 4.72 Å². The number of likely N-dealkylation sites (N-methyl/N-ethyl adjacent to an activating group) is 1. The number of nitrogens with zero attached hydrogens (tertiary/aromatic N) is 2. The Kier molecular flexibility index (Phi) is 3.16. The Bertz CT molecular complexity index is 776. The van der Waals surface area contributed by atoms with Crippen molar-refractivity contribution < 1.29 is 12.9 Å². The molecule has 0 aliphatic carbocycles. The lowest BCUT2D eigenvalue weighted by Gasteiger charge is -2.13. The van der Waals surface area contributed by atoms with Crippen LogP contribution in [-0.2, 0) is 16.4 Å². The summed E-state index contributed by atoms with van der Waals surface area (Å²) in [4.78, 5) is 2.27. The van der Waals surface area contributed by atoms with Crippen LogP contribution in [0.2, 0.25) is 0 Å². The zero-order valence-corrected chi connectivity index (χ0v) is 13.0. The molecule has 0 saturated heterocycles. The van der Waals surface area contributed by atoms with E-state index in [-0.39, 0.29) is 4.90 Å². The Morgan fingerprint density at radius 1 is 1.33 bits per heavy atom. The molecule has 0 bridgehead atoms. The van der Waals surface area contributed by atoms with Crippen LogP contribution in [0.1, 0.15) is 17.0 Å². The number of hydrogen-bond acceptors (Lipinski definition) is 5. The number of fused-ring (bicyclic) bond motifs is 1. The first-order valence-electron chi connectivity index (χ1n) is 6.68. The maximum atomic E-state index is 12.4. The largest absolute Gasteiger partial charge is 0.374 e. The third-order valence-corrected chi connectivity index (χ3v) is 5.32. The van der Waals surface area contributed by atoms with E-state index < -0.39 is 10.0 Å². The van der Waals surface area contributed by atoms with Gasteiger partial charge in [0.2, 0.25) is 0 Å². The Balaban J connectivity index is 1.94. The Labute approximate surface area is 123 Å². The van der Waals surface area contributed by atoms with E-state index in [1.165, 1.54) is 0 Å². The maximum Gasteiger partial charge on any atom is 0.267 e. The van der Waals surface area contributed by atoms with E-state index in [1.54, 1.807) is 19.9 Å². The van der Waals surface area contributed by atoms with Gasteiger partial charge in [-0.2, -0.15) is 0 Å². The summed E-state index contributed by atoms with van der Waals surface area (Å²) in [5.74, 6) is 0.292. The number of hydrogen-bond donors (Lipinski definition) is 1. The molecular formula is C14H17N3O3S. The normalized spacial score (nSPS) is 14.3. The molecule has 1 N–H and O–H groups in total. The molecule has 1 aliphatic rings. The average Bonchev–Trinajstić information content (AvgIpc) is 2.93. The topological polar surface area (TPSA) is 75.4 Å². The molecule has 112 valence electrons. The smallest absolute Gasteiger partial charge is 0.267 e. The van der Waals surface area contributed by atoms with Crippen molar-refractivity contribution in [3.8, 4) is 0 Å². The number of benzene rings is 1. The molecule has 0 saturated carbocycles. The van der Waals surface area contributed by atoms with Gasteiger partial charge in [-0.25, -0.2) is 8.42 Å². The fraction of sp³-hybridized carbons (Fsp3) is 0.357. The molecular weight excluding hydrogens is 290 g/mol. The van der Waals surface area contributed by atoms with Crippen molar-refractivity contribution in [3.05, 3.63) is 35.2 Å². The van der Waals surface area contributed by atoms with E-state index in [0.29, 0.717) is 17.1 Å². The third-order valence-electron chi connectivity index (χ3n) is 3.70. The second kappa shape index (κ2) is 4.77. The molecule has 6 nitrogen and oxygen atoms in total. The van der Waals surface area contributed by atoms with Crippen molar-refractivity contribution in [3.63, 3.8) is 0 Å². The minimum Gasteiger partial charge on any atom is -0.374 e.